The van der Waals surface area contributed by atoms with Crippen LogP contribution in [0.1, 0.15) is 6.92 Å². The molecule has 0 saturated heterocycles. The summed E-state index contributed by atoms with van der Waals surface area (Å²) < 4.78 is 31.6. The van der Waals surface area contributed by atoms with Gasteiger partial charge in [-0.1, -0.05) is 5.92 Å². The molecule has 1 aromatic rings. The van der Waals surface area contributed by atoms with Crippen LogP contribution in [0.15, 0.2) is 23.1 Å². The fourth-order valence-corrected chi connectivity index (χ4v) is 2.99. The predicted molar refractivity (Wildman–Crippen MR) is 82.1 cm³/mol. The third kappa shape index (κ3) is 4.70. The normalized spacial score (nSPS) is 12.4. The summed E-state index contributed by atoms with van der Waals surface area (Å²) in [5.74, 6) is 2.29. The lowest BCUT2D eigenvalue weighted by molar-refractivity contribution is -0.384. The first kappa shape index (κ1) is 17.9. The number of hydrogen-bond acceptors (Lipinski definition) is 6. The third-order valence-electron chi connectivity index (χ3n) is 2.63. The molecule has 8 nitrogen and oxygen atoms in total. The maximum atomic E-state index is 12.2. The Kier molecular flexibility index (Phi) is 6.30. The van der Waals surface area contributed by atoms with Gasteiger partial charge in [-0.3, -0.25) is 10.1 Å². The summed E-state index contributed by atoms with van der Waals surface area (Å²) in [6.07, 6.45) is 5.08. The number of nitrogens with zero attached hydrogens (tertiary/aromatic N) is 1. The Morgan fingerprint density at radius 3 is 2.73 bits per heavy atom. The van der Waals surface area contributed by atoms with Crippen LogP contribution in [0.2, 0.25) is 0 Å². The van der Waals surface area contributed by atoms with E-state index in [9.17, 15) is 18.5 Å². The highest BCUT2D eigenvalue weighted by Crippen LogP contribution is 2.27. The number of ether oxygens (including phenoxy) is 1. The van der Waals surface area contributed by atoms with Crippen LogP contribution in [0.4, 0.5) is 11.4 Å². The van der Waals surface area contributed by atoms with Gasteiger partial charge in [0.05, 0.1) is 23.0 Å². The van der Waals surface area contributed by atoms with Crippen molar-refractivity contribution in [3.63, 3.8) is 0 Å². The minimum atomic E-state index is -3.88. The van der Waals surface area contributed by atoms with Crippen LogP contribution in [0.25, 0.3) is 0 Å². The van der Waals surface area contributed by atoms with E-state index in [4.69, 9.17) is 11.2 Å². The fraction of sp³-hybridized carbons (Fsp3) is 0.385. The highest BCUT2D eigenvalue weighted by molar-refractivity contribution is 7.89. The molecule has 120 valence electrons. The molecule has 1 rings (SSSR count). The number of terminal acetylenes is 1. The van der Waals surface area contributed by atoms with Crippen molar-refractivity contribution in [3.8, 4) is 12.3 Å². The summed E-state index contributed by atoms with van der Waals surface area (Å²) in [5.41, 5.74) is -0.204. The highest BCUT2D eigenvalue weighted by atomic mass is 32.2. The van der Waals surface area contributed by atoms with E-state index in [1.807, 2.05) is 0 Å². The molecule has 0 spiro atoms. The van der Waals surface area contributed by atoms with Crippen LogP contribution in [0.5, 0.6) is 0 Å². The minimum Gasteiger partial charge on any atom is -0.383 e. The first-order valence-corrected chi connectivity index (χ1v) is 7.77. The van der Waals surface area contributed by atoms with E-state index in [1.54, 1.807) is 6.92 Å². The molecule has 0 radical (unpaired) electrons. The third-order valence-corrected chi connectivity index (χ3v) is 4.22. The lowest BCUT2D eigenvalue weighted by atomic mass is 10.2. The molecular formula is C13H17N3O5S. The first-order valence-electron chi connectivity index (χ1n) is 6.29. The molecule has 2 N–H and O–H groups in total. The lowest BCUT2D eigenvalue weighted by Gasteiger charge is -2.13. The minimum absolute atomic E-state index is 0.0933. The molecule has 0 unspecified atom stereocenters. The van der Waals surface area contributed by atoms with Gasteiger partial charge in [0.2, 0.25) is 10.0 Å². The number of anilines is 1. The Balaban J connectivity index is 3.13. The number of nitro groups is 1. The van der Waals surface area contributed by atoms with Crippen LogP contribution < -0.4 is 10.0 Å². The zero-order valence-corrected chi connectivity index (χ0v) is 13.0. The van der Waals surface area contributed by atoms with E-state index in [-0.39, 0.29) is 29.4 Å². The van der Waals surface area contributed by atoms with Crippen molar-refractivity contribution in [2.24, 2.45) is 0 Å². The van der Waals surface area contributed by atoms with Crippen LogP contribution >= 0.6 is 0 Å². The standard InChI is InChI=1S/C13H17N3O5S/c1-4-7-14-12-6-5-11(8-13(12)16(17)18)22(19,20)15-10(2)9-21-3/h1,5-6,8,10,14-15H,7,9H2,2-3H3/t10-/m1/s1. The second-order valence-corrected chi connectivity index (χ2v) is 6.19. The second kappa shape index (κ2) is 7.74. The summed E-state index contributed by atoms with van der Waals surface area (Å²) in [7, 11) is -2.43. The largest absolute Gasteiger partial charge is 0.383 e. The van der Waals surface area contributed by atoms with Gasteiger partial charge < -0.3 is 10.1 Å². The van der Waals surface area contributed by atoms with E-state index in [2.05, 4.69) is 16.0 Å². The molecule has 9 heteroatoms. The van der Waals surface area contributed by atoms with Crippen molar-refractivity contribution in [1.82, 2.24) is 4.72 Å². The number of nitro benzene ring substituents is 1. The fourth-order valence-electron chi connectivity index (χ4n) is 1.74. The van der Waals surface area contributed by atoms with Gasteiger partial charge in [-0.05, 0) is 19.1 Å². The van der Waals surface area contributed by atoms with Crippen molar-refractivity contribution in [1.29, 1.82) is 0 Å². The summed E-state index contributed by atoms with van der Waals surface area (Å²) in [5, 5.41) is 13.7. The van der Waals surface area contributed by atoms with Crippen LogP contribution in [-0.2, 0) is 14.8 Å². The highest BCUT2D eigenvalue weighted by Gasteiger charge is 2.22. The van der Waals surface area contributed by atoms with Crippen molar-refractivity contribution >= 4 is 21.4 Å². The van der Waals surface area contributed by atoms with Gasteiger partial charge in [0, 0.05) is 19.2 Å². The molecule has 0 aliphatic carbocycles. The van der Waals surface area contributed by atoms with Gasteiger partial charge in [-0.25, -0.2) is 13.1 Å². The number of nitrogens with one attached hydrogen (secondary N) is 2. The number of methoxy groups -OCH3 is 1. The Labute approximate surface area is 129 Å². The van der Waals surface area contributed by atoms with Gasteiger partial charge in [-0.2, -0.15) is 0 Å². The Bertz CT molecular complexity index is 681. The van der Waals surface area contributed by atoms with Crippen molar-refractivity contribution in [3.05, 3.63) is 28.3 Å². The van der Waals surface area contributed by atoms with Crippen molar-refractivity contribution < 1.29 is 18.1 Å². The molecule has 1 aromatic carbocycles. The maximum absolute atomic E-state index is 12.2. The zero-order chi connectivity index (χ0) is 16.8. The van der Waals surface area contributed by atoms with E-state index >= 15 is 0 Å². The zero-order valence-electron chi connectivity index (χ0n) is 12.2. The van der Waals surface area contributed by atoms with E-state index < -0.39 is 21.0 Å². The molecule has 1 atom stereocenters. The molecule has 0 bridgehead atoms. The summed E-state index contributed by atoms with van der Waals surface area (Å²) in [6, 6.07) is 3.10. The van der Waals surface area contributed by atoms with Gasteiger partial charge >= 0.3 is 0 Å². The summed E-state index contributed by atoms with van der Waals surface area (Å²) in [6.45, 7) is 1.90. The molecule has 0 aromatic heterocycles. The van der Waals surface area contributed by atoms with Crippen LogP contribution in [-0.4, -0.2) is 39.6 Å². The number of rotatable bonds is 8. The molecule has 0 saturated carbocycles. The average Bonchev–Trinajstić information content (AvgIpc) is 2.44. The molecule has 0 fully saturated rings. The smallest absolute Gasteiger partial charge is 0.293 e. The quantitative estimate of drug-likeness (QED) is 0.418. The first-order chi connectivity index (χ1) is 10.3. The Morgan fingerprint density at radius 1 is 1.50 bits per heavy atom. The summed E-state index contributed by atoms with van der Waals surface area (Å²) in [4.78, 5) is 10.2. The number of sulfonamides is 1. The summed E-state index contributed by atoms with van der Waals surface area (Å²) >= 11 is 0. The van der Waals surface area contributed by atoms with E-state index in [0.29, 0.717) is 0 Å². The van der Waals surface area contributed by atoms with Crippen molar-refractivity contribution in [2.75, 3.05) is 25.6 Å². The number of benzene rings is 1. The molecule has 0 aliphatic rings. The lowest BCUT2D eigenvalue weighted by Crippen LogP contribution is -2.35. The molecule has 0 aliphatic heterocycles. The van der Waals surface area contributed by atoms with Gasteiger partial charge in [0.25, 0.3) is 5.69 Å². The van der Waals surface area contributed by atoms with Crippen molar-refractivity contribution in [2.45, 2.75) is 17.9 Å². The van der Waals surface area contributed by atoms with Gasteiger partial charge in [0.1, 0.15) is 5.69 Å². The maximum Gasteiger partial charge on any atom is 0.293 e. The van der Waals surface area contributed by atoms with E-state index in [1.165, 1.54) is 19.2 Å². The van der Waals surface area contributed by atoms with E-state index in [0.717, 1.165) is 6.07 Å². The van der Waals surface area contributed by atoms with Crippen LogP contribution in [0.3, 0.4) is 0 Å². The topological polar surface area (TPSA) is 111 Å². The number of hydrogen-bond donors (Lipinski definition) is 2. The van der Waals surface area contributed by atoms with Gasteiger partial charge in [0.15, 0.2) is 0 Å². The SMILES string of the molecule is C#CCNc1ccc(S(=O)(=O)N[C@H](C)COC)cc1[N+](=O)[O-]. The molecule has 22 heavy (non-hydrogen) atoms. The molecule has 0 heterocycles. The Morgan fingerprint density at radius 2 is 2.18 bits per heavy atom. The second-order valence-electron chi connectivity index (χ2n) is 4.47. The van der Waals surface area contributed by atoms with Crippen LogP contribution in [0, 0.1) is 22.5 Å². The average molecular weight is 327 g/mol. The molecule has 0 amide bonds. The molecular weight excluding hydrogens is 310 g/mol. The predicted octanol–water partition coefficient (Wildman–Crippen LogP) is 0.953. The Hall–Kier alpha value is -2.15. The monoisotopic (exact) mass is 327 g/mol. The van der Waals surface area contributed by atoms with Gasteiger partial charge in [-0.15, -0.1) is 6.42 Å².